The summed E-state index contributed by atoms with van der Waals surface area (Å²) in [7, 11) is 0. The largest absolute Gasteiger partial charge is 0.325 e. The number of hydrogen-bond acceptors (Lipinski definition) is 2. The molecule has 0 aliphatic carbocycles. The van der Waals surface area contributed by atoms with Gasteiger partial charge in [0.25, 0.3) is 5.91 Å². The number of anilines is 1. The molecular formula is C18H27N2O2+. The van der Waals surface area contributed by atoms with Crippen molar-refractivity contribution in [2.24, 2.45) is 0 Å². The lowest BCUT2D eigenvalue weighted by atomic mass is 10.1. The van der Waals surface area contributed by atoms with E-state index in [1.54, 1.807) is 31.2 Å². The Morgan fingerprint density at radius 3 is 2.09 bits per heavy atom. The molecule has 4 nitrogen and oxygen atoms in total. The number of rotatable bonds is 4. The lowest BCUT2D eigenvalue weighted by molar-refractivity contribution is -0.914. The highest BCUT2D eigenvalue weighted by Gasteiger charge is 2.25. The number of quaternary nitrogens is 1. The van der Waals surface area contributed by atoms with E-state index in [2.05, 4.69) is 5.32 Å². The van der Waals surface area contributed by atoms with Crippen molar-refractivity contribution in [2.45, 2.75) is 52.0 Å². The number of hydrogen-bond donors (Lipinski definition) is 2. The maximum absolute atomic E-state index is 12.4. The monoisotopic (exact) mass is 303 g/mol. The van der Waals surface area contributed by atoms with Crippen molar-refractivity contribution >= 4 is 17.4 Å². The number of Topliss-reactive ketones (excluding diaryl/α,β-unsaturated/α-hetero) is 1. The zero-order valence-corrected chi connectivity index (χ0v) is 13.7. The molecule has 22 heavy (non-hydrogen) atoms. The first-order valence-electron chi connectivity index (χ1n) is 8.34. The molecule has 2 N–H and O–H groups in total. The fourth-order valence-electron chi connectivity index (χ4n) is 3.02. The van der Waals surface area contributed by atoms with Gasteiger partial charge in [-0.15, -0.1) is 0 Å². The van der Waals surface area contributed by atoms with Gasteiger partial charge < -0.3 is 10.2 Å². The molecule has 0 saturated carbocycles. The van der Waals surface area contributed by atoms with Crippen LogP contribution < -0.4 is 10.2 Å². The Hall–Kier alpha value is -1.68. The van der Waals surface area contributed by atoms with Gasteiger partial charge in [0, 0.05) is 11.3 Å². The minimum atomic E-state index is -0.0365. The minimum absolute atomic E-state index is 0.0365. The first kappa shape index (κ1) is 16.7. The second-order valence-electron chi connectivity index (χ2n) is 6.27. The second kappa shape index (κ2) is 8.08. The van der Waals surface area contributed by atoms with Gasteiger partial charge in [0.2, 0.25) is 0 Å². The summed E-state index contributed by atoms with van der Waals surface area (Å²) in [5.74, 6) is 0.0995. The summed E-state index contributed by atoms with van der Waals surface area (Å²) in [6, 6.07) is 7.07. The second-order valence-corrected chi connectivity index (χ2v) is 6.27. The molecule has 2 rings (SSSR count). The molecule has 1 heterocycles. The third kappa shape index (κ3) is 4.67. The maximum Gasteiger partial charge on any atom is 0.282 e. The normalized spacial score (nSPS) is 18.1. The van der Waals surface area contributed by atoms with Gasteiger partial charge >= 0.3 is 0 Å². The summed E-state index contributed by atoms with van der Waals surface area (Å²) in [4.78, 5) is 25.1. The summed E-state index contributed by atoms with van der Waals surface area (Å²) in [6.45, 7) is 5.72. The Kier molecular flexibility index (Phi) is 6.13. The van der Waals surface area contributed by atoms with E-state index in [0.29, 0.717) is 5.56 Å². The standard InChI is InChI=1S/C18H26N2O2/c1-14(20-12-6-4-3-5-7-13-20)18(22)19-17-10-8-16(9-11-17)15(2)21/h8-11,14H,3-7,12-13H2,1-2H3,(H,19,22)/p+1/t14-/m0/s1. The van der Waals surface area contributed by atoms with E-state index >= 15 is 0 Å². The molecule has 0 spiro atoms. The van der Waals surface area contributed by atoms with Crippen molar-refractivity contribution in [1.82, 2.24) is 0 Å². The van der Waals surface area contributed by atoms with Gasteiger partial charge in [-0.3, -0.25) is 9.59 Å². The zero-order valence-electron chi connectivity index (χ0n) is 13.7. The quantitative estimate of drug-likeness (QED) is 0.837. The van der Waals surface area contributed by atoms with E-state index < -0.39 is 0 Å². The summed E-state index contributed by atoms with van der Waals surface area (Å²) in [5.41, 5.74) is 1.42. The summed E-state index contributed by atoms with van der Waals surface area (Å²) in [5, 5.41) is 2.97. The van der Waals surface area contributed by atoms with Crippen LogP contribution in [0.4, 0.5) is 5.69 Å². The maximum atomic E-state index is 12.4. The third-order valence-electron chi connectivity index (χ3n) is 4.56. The summed E-state index contributed by atoms with van der Waals surface area (Å²) < 4.78 is 0. The van der Waals surface area contributed by atoms with Gasteiger partial charge in [0.15, 0.2) is 11.8 Å². The van der Waals surface area contributed by atoms with Crippen LogP contribution in [0, 0.1) is 0 Å². The van der Waals surface area contributed by atoms with E-state index in [0.717, 1.165) is 18.8 Å². The zero-order chi connectivity index (χ0) is 15.9. The topological polar surface area (TPSA) is 50.6 Å². The number of benzene rings is 1. The Morgan fingerprint density at radius 2 is 1.55 bits per heavy atom. The SMILES string of the molecule is CC(=O)c1ccc(NC(=O)[C@H](C)[NH+]2CCCCCCC2)cc1. The molecule has 0 aromatic heterocycles. The molecule has 1 atom stereocenters. The Bertz CT molecular complexity index is 502. The molecule has 1 amide bonds. The third-order valence-corrected chi connectivity index (χ3v) is 4.56. The van der Waals surface area contributed by atoms with Crippen LogP contribution in [0.15, 0.2) is 24.3 Å². The Morgan fingerprint density at radius 1 is 1.00 bits per heavy atom. The molecule has 0 unspecified atom stereocenters. The summed E-state index contributed by atoms with van der Waals surface area (Å²) >= 11 is 0. The number of nitrogens with one attached hydrogen (secondary N) is 2. The predicted molar refractivity (Wildman–Crippen MR) is 88.3 cm³/mol. The molecule has 1 aliphatic heterocycles. The number of carbonyl (C=O) groups excluding carboxylic acids is 2. The number of ketones is 1. The van der Waals surface area contributed by atoms with Crippen molar-refractivity contribution in [3.63, 3.8) is 0 Å². The van der Waals surface area contributed by atoms with E-state index in [1.807, 2.05) is 6.92 Å². The van der Waals surface area contributed by atoms with Crippen molar-refractivity contribution in [3.8, 4) is 0 Å². The molecule has 0 bridgehead atoms. The van der Waals surface area contributed by atoms with Crippen LogP contribution in [-0.2, 0) is 4.79 Å². The Balaban J connectivity index is 1.93. The van der Waals surface area contributed by atoms with Gasteiger partial charge in [0.05, 0.1) is 13.1 Å². The van der Waals surface area contributed by atoms with E-state index in [-0.39, 0.29) is 17.7 Å². The number of carbonyl (C=O) groups is 2. The molecule has 1 aromatic carbocycles. The van der Waals surface area contributed by atoms with E-state index in [4.69, 9.17) is 0 Å². The molecule has 1 aliphatic rings. The van der Waals surface area contributed by atoms with Crippen LogP contribution in [0.3, 0.4) is 0 Å². The van der Waals surface area contributed by atoms with Gasteiger partial charge in [-0.2, -0.15) is 0 Å². The van der Waals surface area contributed by atoms with Crippen LogP contribution in [0.1, 0.15) is 56.3 Å². The molecular weight excluding hydrogens is 276 g/mol. The average Bonchev–Trinajstić information content (AvgIpc) is 2.47. The van der Waals surface area contributed by atoms with E-state index in [1.165, 1.54) is 37.0 Å². The predicted octanol–water partition coefficient (Wildman–Crippen LogP) is 2.07. The lowest BCUT2D eigenvalue weighted by Crippen LogP contribution is -3.16. The van der Waals surface area contributed by atoms with Crippen molar-refractivity contribution < 1.29 is 14.5 Å². The van der Waals surface area contributed by atoms with Crippen molar-refractivity contribution in [1.29, 1.82) is 0 Å². The van der Waals surface area contributed by atoms with E-state index in [9.17, 15) is 9.59 Å². The van der Waals surface area contributed by atoms with Gasteiger partial charge in [0.1, 0.15) is 0 Å². The first-order chi connectivity index (χ1) is 10.6. The van der Waals surface area contributed by atoms with Crippen molar-refractivity contribution in [2.75, 3.05) is 18.4 Å². The molecule has 4 heteroatoms. The average molecular weight is 303 g/mol. The Labute approximate surface area is 132 Å². The molecule has 1 aromatic rings. The molecule has 1 fully saturated rings. The van der Waals surface area contributed by atoms with Gasteiger partial charge in [-0.05, 0) is 63.8 Å². The van der Waals surface area contributed by atoms with Crippen molar-refractivity contribution in [3.05, 3.63) is 29.8 Å². The summed E-state index contributed by atoms with van der Waals surface area (Å²) in [6.07, 6.45) is 6.31. The first-order valence-corrected chi connectivity index (χ1v) is 8.34. The van der Waals surface area contributed by atoms with Gasteiger partial charge in [-0.1, -0.05) is 6.42 Å². The fourth-order valence-corrected chi connectivity index (χ4v) is 3.02. The van der Waals surface area contributed by atoms with Crippen LogP contribution in [0.25, 0.3) is 0 Å². The number of amides is 1. The van der Waals surface area contributed by atoms with Crippen LogP contribution >= 0.6 is 0 Å². The minimum Gasteiger partial charge on any atom is -0.325 e. The van der Waals surface area contributed by atoms with Gasteiger partial charge in [-0.25, -0.2) is 0 Å². The number of likely N-dealkylation sites (tertiary alicyclic amines) is 1. The highest BCUT2D eigenvalue weighted by atomic mass is 16.2. The smallest absolute Gasteiger partial charge is 0.282 e. The van der Waals surface area contributed by atoms with Crippen LogP contribution in [0.5, 0.6) is 0 Å². The highest BCUT2D eigenvalue weighted by Crippen LogP contribution is 2.10. The molecule has 120 valence electrons. The van der Waals surface area contributed by atoms with Crippen LogP contribution in [0.2, 0.25) is 0 Å². The fraction of sp³-hybridized carbons (Fsp3) is 0.556. The molecule has 0 radical (unpaired) electrons. The van der Waals surface area contributed by atoms with Crippen LogP contribution in [-0.4, -0.2) is 30.8 Å². The lowest BCUT2D eigenvalue weighted by Gasteiger charge is -2.26. The highest BCUT2D eigenvalue weighted by molar-refractivity contribution is 5.96. The molecule has 1 saturated heterocycles.